The van der Waals surface area contributed by atoms with Crippen molar-refractivity contribution in [2.45, 2.75) is 59.0 Å². The van der Waals surface area contributed by atoms with Crippen LogP contribution in [0.15, 0.2) is 0 Å². The van der Waals surface area contributed by atoms with Crippen molar-refractivity contribution in [3.8, 4) is 0 Å². The Kier molecular flexibility index (Phi) is 6.30. The van der Waals surface area contributed by atoms with Gasteiger partial charge in [0.05, 0.1) is 17.9 Å². The summed E-state index contributed by atoms with van der Waals surface area (Å²) in [5.74, 6) is 0.371. The molecule has 0 bridgehead atoms. The molecule has 1 aliphatic carbocycles. The van der Waals surface area contributed by atoms with Gasteiger partial charge in [-0.1, -0.05) is 27.2 Å². The lowest BCUT2D eigenvalue weighted by Gasteiger charge is -2.26. The molecular weight excluding hydrogens is 264 g/mol. The van der Waals surface area contributed by atoms with Crippen molar-refractivity contribution in [2.75, 3.05) is 11.5 Å². The van der Waals surface area contributed by atoms with Crippen molar-refractivity contribution in [3.63, 3.8) is 0 Å². The van der Waals surface area contributed by atoms with Gasteiger partial charge in [0.1, 0.15) is 6.10 Å². The lowest BCUT2D eigenvalue weighted by atomic mass is 9.89. The second-order valence-corrected chi connectivity index (χ2v) is 8.37. The van der Waals surface area contributed by atoms with Crippen LogP contribution in [0.4, 0.5) is 0 Å². The number of hydrogen-bond acceptors (Lipinski definition) is 4. The zero-order valence-corrected chi connectivity index (χ0v) is 13.0. The molecule has 0 amide bonds. The third-order valence-corrected chi connectivity index (χ3v) is 5.39. The zero-order chi connectivity index (χ0) is 14.5. The Labute approximate surface area is 116 Å². The monoisotopic (exact) mass is 290 g/mol. The third-order valence-electron chi connectivity index (χ3n) is 3.39. The Morgan fingerprint density at radius 3 is 2.58 bits per heavy atom. The molecule has 0 heterocycles. The summed E-state index contributed by atoms with van der Waals surface area (Å²) in [6.07, 6.45) is 4.07. The first-order valence-electron chi connectivity index (χ1n) is 7.18. The molecule has 1 saturated carbocycles. The average molecular weight is 290 g/mol. The normalized spacial score (nSPS) is 24.4. The molecule has 0 aromatic carbocycles. The van der Waals surface area contributed by atoms with Gasteiger partial charge in [0.25, 0.3) is 0 Å². The molecule has 0 aromatic heterocycles. The summed E-state index contributed by atoms with van der Waals surface area (Å²) in [5, 5.41) is 0. The Morgan fingerprint density at radius 1 is 1.32 bits per heavy atom. The van der Waals surface area contributed by atoms with Gasteiger partial charge in [-0.15, -0.1) is 0 Å². The van der Waals surface area contributed by atoms with Gasteiger partial charge in [0, 0.05) is 0 Å². The summed E-state index contributed by atoms with van der Waals surface area (Å²) < 4.78 is 28.7. The van der Waals surface area contributed by atoms with E-state index in [0.717, 1.165) is 19.3 Å². The van der Waals surface area contributed by atoms with Crippen LogP contribution in [0.2, 0.25) is 0 Å². The second kappa shape index (κ2) is 7.27. The molecule has 19 heavy (non-hydrogen) atoms. The highest BCUT2D eigenvalue weighted by atomic mass is 32.2. The molecular formula is C14H26O4S. The molecule has 1 fully saturated rings. The van der Waals surface area contributed by atoms with Crippen LogP contribution in [0, 0.1) is 11.8 Å². The number of carbonyl (C=O) groups is 1. The van der Waals surface area contributed by atoms with Crippen LogP contribution in [0.3, 0.4) is 0 Å². The first-order valence-corrected chi connectivity index (χ1v) is 9.00. The maximum absolute atomic E-state index is 11.7. The van der Waals surface area contributed by atoms with Gasteiger partial charge in [0.2, 0.25) is 0 Å². The van der Waals surface area contributed by atoms with E-state index in [4.69, 9.17) is 4.74 Å². The van der Waals surface area contributed by atoms with Crippen LogP contribution in [-0.2, 0) is 19.4 Å². The molecule has 1 aliphatic rings. The van der Waals surface area contributed by atoms with Gasteiger partial charge >= 0.3 is 5.97 Å². The SMILES string of the molecule is CC(C)CS(=O)(=O)CCC(=O)OC1CCCC(C)C1. The minimum absolute atomic E-state index is 0.0101. The highest BCUT2D eigenvalue weighted by Crippen LogP contribution is 2.25. The van der Waals surface area contributed by atoms with Crippen LogP contribution in [0.25, 0.3) is 0 Å². The Morgan fingerprint density at radius 2 is 2.00 bits per heavy atom. The van der Waals surface area contributed by atoms with Gasteiger partial charge < -0.3 is 4.74 Å². The van der Waals surface area contributed by atoms with Crippen molar-refractivity contribution >= 4 is 15.8 Å². The number of rotatable bonds is 6. The predicted molar refractivity (Wildman–Crippen MR) is 75.6 cm³/mol. The fourth-order valence-electron chi connectivity index (χ4n) is 2.56. The lowest BCUT2D eigenvalue weighted by Crippen LogP contribution is -2.26. The largest absolute Gasteiger partial charge is 0.462 e. The molecule has 0 aromatic rings. The van der Waals surface area contributed by atoms with E-state index in [9.17, 15) is 13.2 Å². The van der Waals surface area contributed by atoms with Gasteiger partial charge in [-0.05, 0) is 31.1 Å². The van der Waals surface area contributed by atoms with E-state index in [0.29, 0.717) is 5.92 Å². The average Bonchev–Trinajstić information content (AvgIpc) is 2.25. The van der Waals surface area contributed by atoms with Gasteiger partial charge in [-0.25, -0.2) is 8.42 Å². The van der Waals surface area contributed by atoms with Crippen molar-refractivity contribution in [3.05, 3.63) is 0 Å². The number of carbonyl (C=O) groups excluding carboxylic acids is 1. The molecule has 5 heteroatoms. The molecule has 1 rings (SSSR count). The first kappa shape index (κ1) is 16.5. The predicted octanol–water partition coefficient (Wildman–Crippen LogP) is 2.57. The summed E-state index contributed by atoms with van der Waals surface area (Å²) in [6.45, 7) is 5.88. The summed E-state index contributed by atoms with van der Waals surface area (Å²) in [7, 11) is -3.13. The van der Waals surface area contributed by atoms with Crippen LogP contribution < -0.4 is 0 Å². The Bertz CT molecular complexity index is 386. The standard InChI is InChI=1S/C14H26O4S/c1-11(2)10-19(16,17)8-7-14(15)18-13-6-4-5-12(3)9-13/h11-13H,4-10H2,1-3H3. The molecule has 0 spiro atoms. The first-order chi connectivity index (χ1) is 8.78. The minimum atomic E-state index is -3.13. The van der Waals surface area contributed by atoms with Gasteiger partial charge in [0.15, 0.2) is 9.84 Å². The maximum atomic E-state index is 11.7. The Hall–Kier alpha value is -0.580. The molecule has 0 saturated heterocycles. The molecule has 0 aliphatic heterocycles. The molecule has 112 valence electrons. The van der Waals surface area contributed by atoms with E-state index < -0.39 is 9.84 Å². The van der Waals surface area contributed by atoms with Crippen LogP contribution >= 0.6 is 0 Å². The van der Waals surface area contributed by atoms with Crippen LogP contribution in [0.5, 0.6) is 0 Å². The minimum Gasteiger partial charge on any atom is -0.462 e. The number of sulfone groups is 1. The highest BCUT2D eigenvalue weighted by molar-refractivity contribution is 7.91. The van der Waals surface area contributed by atoms with Crippen molar-refractivity contribution in [1.82, 2.24) is 0 Å². The fraction of sp³-hybridized carbons (Fsp3) is 0.929. The van der Waals surface area contributed by atoms with Gasteiger partial charge in [-0.2, -0.15) is 0 Å². The van der Waals surface area contributed by atoms with E-state index >= 15 is 0 Å². The summed E-state index contributed by atoms with van der Waals surface area (Å²) in [5.41, 5.74) is 0. The molecule has 0 radical (unpaired) electrons. The van der Waals surface area contributed by atoms with Gasteiger partial charge in [-0.3, -0.25) is 4.79 Å². The molecule has 2 atom stereocenters. The van der Waals surface area contributed by atoms with Crippen molar-refractivity contribution in [2.24, 2.45) is 11.8 Å². The topological polar surface area (TPSA) is 60.4 Å². The number of hydrogen-bond donors (Lipinski definition) is 0. The van der Waals surface area contributed by atoms with Crippen molar-refractivity contribution < 1.29 is 17.9 Å². The molecule has 2 unspecified atom stereocenters. The highest BCUT2D eigenvalue weighted by Gasteiger charge is 2.23. The van der Waals surface area contributed by atoms with E-state index in [1.54, 1.807) is 0 Å². The fourth-order valence-corrected chi connectivity index (χ4v) is 4.22. The summed E-state index contributed by atoms with van der Waals surface area (Å²) >= 11 is 0. The zero-order valence-electron chi connectivity index (χ0n) is 12.2. The van der Waals surface area contributed by atoms with E-state index in [-0.39, 0.29) is 35.9 Å². The van der Waals surface area contributed by atoms with Crippen LogP contribution in [0.1, 0.15) is 52.9 Å². The molecule has 4 nitrogen and oxygen atoms in total. The van der Waals surface area contributed by atoms with E-state index in [1.807, 2.05) is 13.8 Å². The quantitative estimate of drug-likeness (QED) is 0.705. The Balaban J connectivity index is 2.31. The number of esters is 1. The smallest absolute Gasteiger partial charge is 0.307 e. The lowest BCUT2D eigenvalue weighted by molar-refractivity contribution is -0.150. The van der Waals surface area contributed by atoms with E-state index in [2.05, 4.69) is 6.92 Å². The third kappa shape index (κ3) is 6.95. The van der Waals surface area contributed by atoms with Crippen molar-refractivity contribution in [1.29, 1.82) is 0 Å². The summed E-state index contributed by atoms with van der Waals surface area (Å²) in [4.78, 5) is 11.7. The molecule has 0 N–H and O–H groups in total. The summed E-state index contributed by atoms with van der Waals surface area (Å²) in [6, 6.07) is 0. The van der Waals surface area contributed by atoms with E-state index in [1.165, 1.54) is 6.42 Å². The second-order valence-electron chi connectivity index (χ2n) is 6.14. The van der Waals surface area contributed by atoms with Crippen LogP contribution in [-0.4, -0.2) is 32.0 Å². The maximum Gasteiger partial charge on any atom is 0.307 e. The number of ether oxygens (including phenoxy) is 1.